The van der Waals surface area contributed by atoms with Gasteiger partial charge in [0.1, 0.15) is 0 Å². The molecule has 0 spiro atoms. The monoisotopic (exact) mass is 190 g/mol. The standard InChI is InChI=1S/C12H18N2/c13-12(10-6-2-1-3-7-10)11-8-4-5-9-14-11/h4-5,8-10,12H,1-3,6-7,13H2. The molecule has 0 radical (unpaired) electrons. The molecule has 76 valence electrons. The number of pyridine rings is 1. The maximum Gasteiger partial charge on any atom is 0.0573 e. The summed E-state index contributed by atoms with van der Waals surface area (Å²) in [5.41, 5.74) is 7.26. The zero-order valence-corrected chi connectivity index (χ0v) is 8.52. The van der Waals surface area contributed by atoms with Gasteiger partial charge in [0.2, 0.25) is 0 Å². The molecule has 2 N–H and O–H groups in total. The largest absolute Gasteiger partial charge is 0.322 e. The van der Waals surface area contributed by atoms with Gasteiger partial charge in [-0.15, -0.1) is 0 Å². The minimum Gasteiger partial charge on any atom is -0.322 e. The van der Waals surface area contributed by atoms with Gasteiger partial charge < -0.3 is 5.73 Å². The van der Waals surface area contributed by atoms with Crippen LogP contribution in [0.15, 0.2) is 24.4 Å². The molecule has 1 fully saturated rings. The fourth-order valence-corrected chi connectivity index (χ4v) is 2.31. The van der Waals surface area contributed by atoms with Crippen molar-refractivity contribution in [3.8, 4) is 0 Å². The van der Waals surface area contributed by atoms with E-state index in [4.69, 9.17) is 5.73 Å². The minimum absolute atomic E-state index is 0.150. The number of nitrogens with two attached hydrogens (primary N) is 1. The number of nitrogens with zero attached hydrogens (tertiary/aromatic N) is 1. The molecule has 1 aliphatic carbocycles. The van der Waals surface area contributed by atoms with Crippen molar-refractivity contribution in [2.24, 2.45) is 11.7 Å². The predicted molar refractivity (Wildman–Crippen MR) is 57.7 cm³/mol. The van der Waals surface area contributed by atoms with E-state index >= 15 is 0 Å². The van der Waals surface area contributed by atoms with Gasteiger partial charge in [0.25, 0.3) is 0 Å². The summed E-state index contributed by atoms with van der Waals surface area (Å²) in [7, 11) is 0. The van der Waals surface area contributed by atoms with Gasteiger partial charge in [-0.05, 0) is 30.9 Å². The van der Waals surface area contributed by atoms with Crippen molar-refractivity contribution in [1.82, 2.24) is 4.98 Å². The van der Waals surface area contributed by atoms with Gasteiger partial charge in [0.05, 0.1) is 5.69 Å². The van der Waals surface area contributed by atoms with Crippen LogP contribution in [0.1, 0.15) is 43.8 Å². The van der Waals surface area contributed by atoms with Crippen LogP contribution in [0.4, 0.5) is 0 Å². The van der Waals surface area contributed by atoms with Crippen LogP contribution in [0.5, 0.6) is 0 Å². The Balaban J connectivity index is 2.03. The summed E-state index contributed by atoms with van der Waals surface area (Å²) >= 11 is 0. The van der Waals surface area contributed by atoms with Gasteiger partial charge in [-0.2, -0.15) is 0 Å². The van der Waals surface area contributed by atoms with E-state index in [1.165, 1.54) is 32.1 Å². The smallest absolute Gasteiger partial charge is 0.0573 e. The second-order valence-corrected chi connectivity index (χ2v) is 4.18. The first-order valence-corrected chi connectivity index (χ1v) is 5.54. The van der Waals surface area contributed by atoms with Gasteiger partial charge in [0.15, 0.2) is 0 Å². The molecule has 1 aliphatic rings. The third-order valence-corrected chi connectivity index (χ3v) is 3.19. The van der Waals surface area contributed by atoms with E-state index in [1.807, 2.05) is 24.4 Å². The number of aromatic nitrogens is 1. The van der Waals surface area contributed by atoms with E-state index in [2.05, 4.69) is 4.98 Å². The minimum atomic E-state index is 0.150. The topological polar surface area (TPSA) is 38.9 Å². The molecular weight excluding hydrogens is 172 g/mol. The molecular formula is C12H18N2. The summed E-state index contributed by atoms with van der Waals surface area (Å²) in [4.78, 5) is 4.33. The Morgan fingerprint density at radius 1 is 1.21 bits per heavy atom. The molecule has 1 aromatic heterocycles. The van der Waals surface area contributed by atoms with Crippen molar-refractivity contribution in [2.45, 2.75) is 38.1 Å². The maximum atomic E-state index is 6.21. The van der Waals surface area contributed by atoms with E-state index in [9.17, 15) is 0 Å². The van der Waals surface area contributed by atoms with E-state index in [0.29, 0.717) is 5.92 Å². The van der Waals surface area contributed by atoms with Crippen molar-refractivity contribution >= 4 is 0 Å². The summed E-state index contributed by atoms with van der Waals surface area (Å²) in [6.07, 6.45) is 8.44. The Hall–Kier alpha value is -0.890. The van der Waals surface area contributed by atoms with Crippen molar-refractivity contribution in [1.29, 1.82) is 0 Å². The highest BCUT2D eigenvalue weighted by Gasteiger charge is 2.22. The molecule has 0 aromatic carbocycles. The third kappa shape index (κ3) is 2.13. The maximum absolute atomic E-state index is 6.21. The number of hydrogen-bond acceptors (Lipinski definition) is 2. The van der Waals surface area contributed by atoms with Crippen LogP contribution in [-0.2, 0) is 0 Å². The summed E-state index contributed by atoms with van der Waals surface area (Å²) in [5, 5.41) is 0. The Morgan fingerprint density at radius 2 is 2.00 bits per heavy atom. The first kappa shape index (κ1) is 9.66. The molecule has 2 rings (SSSR count). The average Bonchev–Trinajstić information content (AvgIpc) is 2.30. The van der Waals surface area contributed by atoms with E-state index in [-0.39, 0.29) is 6.04 Å². The quantitative estimate of drug-likeness (QED) is 0.778. The van der Waals surface area contributed by atoms with Gasteiger partial charge >= 0.3 is 0 Å². The number of rotatable bonds is 2. The Bertz CT molecular complexity index is 265. The summed E-state index contributed by atoms with van der Waals surface area (Å²) in [6, 6.07) is 6.15. The van der Waals surface area contributed by atoms with Crippen LogP contribution in [0.3, 0.4) is 0 Å². The predicted octanol–water partition coefficient (Wildman–Crippen LogP) is 2.66. The van der Waals surface area contributed by atoms with Crippen LogP contribution in [0, 0.1) is 5.92 Å². The summed E-state index contributed by atoms with van der Waals surface area (Å²) in [5.74, 6) is 0.652. The first-order chi connectivity index (χ1) is 6.88. The Labute approximate surface area is 85.5 Å². The van der Waals surface area contributed by atoms with Crippen LogP contribution in [-0.4, -0.2) is 4.98 Å². The highest BCUT2D eigenvalue weighted by atomic mass is 14.8. The molecule has 1 atom stereocenters. The van der Waals surface area contributed by atoms with Crippen molar-refractivity contribution in [2.75, 3.05) is 0 Å². The molecule has 0 amide bonds. The lowest BCUT2D eigenvalue weighted by Gasteiger charge is -2.26. The molecule has 1 aromatic rings. The Morgan fingerprint density at radius 3 is 2.64 bits per heavy atom. The fraction of sp³-hybridized carbons (Fsp3) is 0.583. The molecule has 2 heteroatoms. The molecule has 1 heterocycles. The highest BCUT2D eigenvalue weighted by Crippen LogP contribution is 2.31. The normalized spacial score (nSPS) is 20.6. The van der Waals surface area contributed by atoms with Crippen LogP contribution in [0.2, 0.25) is 0 Å². The SMILES string of the molecule is NC(c1ccccn1)C1CCCCC1. The van der Waals surface area contributed by atoms with Crippen molar-refractivity contribution in [3.05, 3.63) is 30.1 Å². The van der Waals surface area contributed by atoms with Gasteiger partial charge in [-0.1, -0.05) is 25.3 Å². The summed E-state index contributed by atoms with van der Waals surface area (Å²) < 4.78 is 0. The van der Waals surface area contributed by atoms with Gasteiger partial charge in [-0.25, -0.2) is 0 Å². The lowest BCUT2D eigenvalue weighted by molar-refractivity contribution is 0.305. The lowest BCUT2D eigenvalue weighted by atomic mass is 9.83. The van der Waals surface area contributed by atoms with E-state index in [1.54, 1.807) is 0 Å². The van der Waals surface area contributed by atoms with Crippen molar-refractivity contribution in [3.63, 3.8) is 0 Å². The Kier molecular flexibility index (Phi) is 3.14. The second-order valence-electron chi connectivity index (χ2n) is 4.18. The molecule has 0 bridgehead atoms. The summed E-state index contributed by atoms with van der Waals surface area (Å²) in [6.45, 7) is 0. The first-order valence-electron chi connectivity index (χ1n) is 5.54. The van der Waals surface area contributed by atoms with E-state index < -0.39 is 0 Å². The molecule has 14 heavy (non-hydrogen) atoms. The molecule has 0 aliphatic heterocycles. The van der Waals surface area contributed by atoms with Gasteiger partial charge in [0, 0.05) is 12.2 Å². The van der Waals surface area contributed by atoms with Crippen LogP contribution < -0.4 is 5.73 Å². The number of hydrogen-bond donors (Lipinski definition) is 1. The second kappa shape index (κ2) is 4.56. The lowest BCUT2D eigenvalue weighted by Crippen LogP contribution is -2.24. The zero-order valence-electron chi connectivity index (χ0n) is 8.52. The molecule has 1 saturated carbocycles. The molecule has 1 unspecified atom stereocenters. The molecule has 0 saturated heterocycles. The van der Waals surface area contributed by atoms with Crippen LogP contribution >= 0.6 is 0 Å². The molecule has 2 nitrogen and oxygen atoms in total. The fourth-order valence-electron chi connectivity index (χ4n) is 2.31. The average molecular weight is 190 g/mol. The van der Waals surface area contributed by atoms with Crippen LogP contribution in [0.25, 0.3) is 0 Å². The highest BCUT2D eigenvalue weighted by molar-refractivity contribution is 5.09. The zero-order chi connectivity index (χ0) is 9.80. The van der Waals surface area contributed by atoms with Crippen molar-refractivity contribution < 1.29 is 0 Å². The van der Waals surface area contributed by atoms with E-state index in [0.717, 1.165) is 5.69 Å². The third-order valence-electron chi connectivity index (χ3n) is 3.19. The van der Waals surface area contributed by atoms with Gasteiger partial charge in [-0.3, -0.25) is 4.98 Å².